The summed E-state index contributed by atoms with van der Waals surface area (Å²) in [4.78, 5) is 23.9. The molecule has 0 rings (SSSR count). The van der Waals surface area contributed by atoms with E-state index in [4.69, 9.17) is 0 Å². The summed E-state index contributed by atoms with van der Waals surface area (Å²) in [7, 11) is 0. The third-order valence-electron chi connectivity index (χ3n) is 1.67. The molecule has 0 aromatic heterocycles. The van der Waals surface area contributed by atoms with Crippen LogP contribution in [0.25, 0.3) is 0 Å². The normalized spacial score (nSPS) is 9.92. The third kappa shape index (κ3) is 3.44. The van der Waals surface area contributed by atoms with Crippen LogP contribution in [0.4, 0.5) is 0 Å². The fourth-order valence-corrected chi connectivity index (χ4v) is 1.05. The molecule has 0 atom stereocenters. The molecule has 0 N–H and O–H groups in total. The van der Waals surface area contributed by atoms with E-state index in [1.165, 1.54) is 4.90 Å². The predicted octanol–water partition coefficient (Wildman–Crippen LogP) is 0.806. The summed E-state index contributed by atoms with van der Waals surface area (Å²) in [6.07, 6.45) is 0. The molecule has 4 nitrogen and oxygen atoms in total. The first-order valence-electron chi connectivity index (χ1n) is 4.52. The summed E-state index contributed by atoms with van der Waals surface area (Å²) in [5, 5.41) is 0. The van der Waals surface area contributed by atoms with Gasteiger partial charge >= 0.3 is 11.9 Å². The molecule has 0 fully saturated rings. The predicted molar refractivity (Wildman–Crippen MR) is 49.2 cm³/mol. The zero-order chi connectivity index (χ0) is 10.4. The molecule has 0 aromatic carbocycles. The van der Waals surface area contributed by atoms with Gasteiger partial charge in [0.25, 0.3) is 0 Å². The number of nitrogens with zero attached hydrogens (tertiary/aromatic N) is 1. The Morgan fingerprint density at radius 2 is 1.85 bits per heavy atom. The molecule has 0 radical (unpaired) electrons. The summed E-state index contributed by atoms with van der Waals surface area (Å²) in [6.45, 7) is 7.99. The van der Waals surface area contributed by atoms with Gasteiger partial charge in [-0.25, -0.2) is 4.79 Å². The zero-order valence-corrected chi connectivity index (χ0v) is 8.66. The number of carbonyl (C=O) groups is 2. The molecular weight excluding hydrogens is 170 g/mol. The Kier molecular flexibility index (Phi) is 5.11. The molecule has 0 spiro atoms. The number of hydrogen-bond acceptors (Lipinski definition) is 3. The molecule has 0 heterocycles. The van der Waals surface area contributed by atoms with Crippen molar-refractivity contribution in [1.29, 1.82) is 0 Å². The highest BCUT2D eigenvalue weighted by Crippen LogP contribution is 1.99. The molecule has 0 saturated heterocycles. The third-order valence-corrected chi connectivity index (χ3v) is 1.67. The number of esters is 1. The highest BCUT2D eigenvalue weighted by molar-refractivity contribution is 6.32. The van der Waals surface area contributed by atoms with E-state index in [-0.39, 0.29) is 12.6 Å². The van der Waals surface area contributed by atoms with E-state index in [1.807, 2.05) is 20.8 Å². The van der Waals surface area contributed by atoms with Crippen molar-refractivity contribution in [1.82, 2.24) is 4.90 Å². The lowest BCUT2D eigenvalue weighted by Crippen LogP contribution is -2.41. The van der Waals surface area contributed by atoms with E-state index in [2.05, 4.69) is 4.74 Å². The first kappa shape index (κ1) is 11.9. The topological polar surface area (TPSA) is 46.6 Å². The molecule has 4 heteroatoms. The molecule has 0 aliphatic rings. The Bertz CT molecular complexity index is 189. The van der Waals surface area contributed by atoms with Crippen molar-refractivity contribution in [3.8, 4) is 0 Å². The lowest BCUT2D eigenvalue weighted by molar-refractivity contribution is -0.160. The summed E-state index contributed by atoms with van der Waals surface area (Å²) in [5.41, 5.74) is 0. The van der Waals surface area contributed by atoms with Crippen LogP contribution in [-0.2, 0) is 14.3 Å². The van der Waals surface area contributed by atoms with E-state index in [1.54, 1.807) is 6.92 Å². The standard InChI is InChI=1S/C9H17NO3/c1-5-10(7(3)4)8(11)9(12)13-6-2/h7H,5-6H2,1-4H3. The summed E-state index contributed by atoms with van der Waals surface area (Å²) in [5.74, 6) is -1.32. The average molecular weight is 187 g/mol. The van der Waals surface area contributed by atoms with Crippen molar-refractivity contribution in [3.63, 3.8) is 0 Å². The van der Waals surface area contributed by atoms with Crippen molar-refractivity contribution in [2.45, 2.75) is 33.7 Å². The zero-order valence-electron chi connectivity index (χ0n) is 8.66. The van der Waals surface area contributed by atoms with Crippen LogP contribution in [0, 0.1) is 0 Å². The number of carbonyl (C=O) groups excluding carboxylic acids is 2. The second-order valence-corrected chi connectivity index (χ2v) is 2.91. The number of rotatable bonds is 3. The maximum atomic E-state index is 11.4. The van der Waals surface area contributed by atoms with Gasteiger partial charge in [-0.1, -0.05) is 0 Å². The second kappa shape index (κ2) is 5.56. The second-order valence-electron chi connectivity index (χ2n) is 2.91. The Morgan fingerprint density at radius 1 is 1.31 bits per heavy atom. The Morgan fingerprint density at radius 3 is 2.15 bits per heavy atom. The van der Waals surface area contributed by atoms with Gasteiger partial charge < -0.3 is 9.64 Å². The van der Waals surface area contributed by atoms with Crippen molar-refractivity contribution < 1.29 is 14.3 Å². The minimum Gasteiger partial charge on any atom is -0.459 e. The highest BCUT2D eigenvalue weighted by Gasteiger charge is 2.23. The smallest absolute Gasteiger partial charge is 0.397 e. The number of ether oxygens (including phenoxy) is 1. The summed E-state index contributed by atoms with van der Waals surface area (Å²) < 4.78 is 4.61. The van der Waals surface area contributed by atoms with Crippen molar-refractivity contribution in [2.75, 3.05) is 13.2 Å². The van der Waals surface area contributed by atoms with Crippen LogP contribution < -0.4 is 0 Å². The van der Waals surface area contributed by atoms with Crippen molar-refractivity contribution >= 4 is 11.9 Å². The quantitative estimate of drug-likeness (QED) is 0.485. The van der Waals surface area contributed by atoms with Crippen LogP contribution in [0.2, 0.25) is 0 Å². The van der Waals surface area contributed by atoms with E-state index in [9.17, 15) is 9.59 Å². The molecule has 1 amide bonds. The molecule has 76 valence electrons. The van der Waals surface area contributed by atoms with E-state index in [0.29, 0.717) is 6.54 Å². The molecule has 0 unspecified atom stereocenters. The van der Waals surface area contributed by atoms with Crippen LogP contribution in [0.15, 0.2) is 0 Å². The summed E-state index contributed by atoms with van der Waals surface area (Å²) >= 11 is 0. The van der Waals surface area contributed by atoms with Gasteiger partial charge in [-0.05, 0) is 27.7 Å². The van der Waals surface area contributed by atoms with Crippen LogP contribution in [0.1, 0.15) is 27.7 Å². The number of likely N-dealkylation sites (N-methyl/N-ethyl adjacent to an activating group) is 1. The van der Waals surface area contributed by atoms with Gasteiger partial charge in [0.2, 0.25) is 0 Å². The first-order chi connectivity index (χ1) is 6.04. The SMILES string of the molecule is CCOC(=O)C(=O)N(CC)C(C)C. The fraction of sp³-hybridized carbons (Fsp3) is 0.778. The molecular formula is C9H17NO3. The minimum absolute atomic E-state index is 0.0295. The van der Waals surface area contributed by atoms with Gasteiger partial charge in [0.1, 0.15) is 0 Å². The van der Waals surface area contributed by atoms with Gasteiger partial charge in [-0.15, -0.1) is 0 Å². The largest absolute Gasteiger partial charge is 0.459 e. The summed E-state index contributed by atoms with van der Waals surface area (Å²) in [6, 6.07) is 0.0295. The van der Waals surface area contributed by atoms with Crippen molar-refractivity contribution in [2.24, 2.45) is 0 Å². The lowest BCUT2D eigenvalue weighted by Gasteiger charge is -2.23. The maximum Gasteiger partial charge on any atom is 0.397 e. The Balaban J connectivity index is 4.28. The molecule has 0 aromatic rings. The van der Waals surface area contributed by atoms with Gasteiger partial charge in [0, 0.05) is 12.6 Å². The molecule has 0 aliphatic heterocycles. The van der Waals surface area contributed by atoms with Crippen LogP contribution in [0.3, 0.4) is 0 Å². The molecule has 0 bridgehead atoms. The van der Waals surface area contributed by atoms with Gasteiger partial charge in [-0.2, -0.15) is 0 Å². The monoisotopic (exact) mass is 187 g/mol. The fourth-order valence-electron chi connectivity index (χ4n) is 1.05. The van der Waals surface area contributed by atoms with E-state index in [0.717, 1.165) is 0 Å². The molecule has 0 saturated carbocycles. The van der Waals surface area contributed by atoms with E-state index >= 15 is 0 Å². The Hall–Kier alpha value is -1.06. The van der Waals surface area contributed by atoms with Crippen LogP contribution in [0.5, 0.6) is 0 Å². The number of hydrogen-bond donors (Lipinski definition) is 0. The van der Waals surface area contributed by atoms with E-state index < -0.39 is 11.9 Å². The van der Waals surface area contributed by atoms with Crippen LogP contribution >= 0.6 is 0 Å². The maximum absolute atomic E-state index is 11.4. The molecule has 0 aliphatic carbocycles. The Labute approximate surface area is 78.9 Å². The first-order valence-corrected chi connectivity index (χ1v) is 4.52. The minimum atomic E-state index is -0.766. The van der Waals surface area contributed by atoms with Gasteiger partial charge in [0.05, 0.1) is 6.61 Å². The van der Waals surface area contributed by atoms with Crippen molar-refractivity contribution in [3.05, 3.63) is 0 Å². The number of amides is 1. The van der Waals surface area contributed by atoms with Gasteiger partial charge in [0.15, 0.2) is 0 Å². The highest BCUT2D eigenvalue weighted by atomic mass is 16.5. The lowest BCUT2D eigenvalue weighted by atomic mass is 10.3. The van der Waals surface area contributed by atoms with Gasteiger partial charge in [-0.3, -0.25) is 4.79 Å². The average Bonchev–Trinajstić information content (AvgIpc) is 2.05. The molecule has 13 heavy (non-hydrogen) atoms. The van der Waals surface area contributed by atoms with Crippen LogP contribution in [-0.4, -0.2) is 36.0 Å².